The van der Waals surface area contributed by atoms with Crippen LogP contribution in [-0.2, 0) is 6.54 Å². The second-order valence-corrected chi connectivity index (χ2v) is 3.08. The van der Waals surface area contributed by atoms with Crippen molar-refractivity contribution >= 4 is 0 Å². The fraction of sp³-hybridized carbons (Fsp3) is 0.444. The summed E-state index contributed by atoms with van der Waals surface area (Å²) in [5.41, 5.74) is 2.62. The van der Waals surface area contributed by atoms with Crippen molar-refractivity contribution in [1.82, 2.24) is 10.3 Å². The molecule has 1 aromatic heterocycles. The molecule has 0 aromatic carbocycles. The number of pyridine rings is 1. The van der Waals surface area contributed by atoms with Crippen molar-refractivity contribution in [3.8, 4) is 0 Å². The fourth-order valence-corrected chi connectivity index (χ4v) is 1.56. The van der Waals surface area contributed by atoms with Crippen LogP contribution in [0, 0.1) is 0 Å². The normalized spacial score (nSPS) is 22.8. The molecule has 2 heterocycles. The maximum Gasteiger partial charge on any atom is 0.0489 e. The van der Waals surface area contributed by atoms with E-state index in [1.54, 1.807) is 0 Å². The highest BCUT2D eigenvalue weighted by atomic mass is 14.9. The van der Waals surface area contributed by atoms with Gasteiger partial charge in [0.25, 0.3) is 0 Å². The summed E-state index contributed by atoms with van der Waals surface area (Å²) in [4.78, 5) is 4.36. The van der Waals surface area contributed by atoms with Gasteiger partial charge in [0.05, 0.1) is 0 Å². The average Bonchev–Trinajstić information content (AvgIpc) is 2.06. The molecule has 11 heavy (non-hydrogen) atoms. The zero-order valence-corrected chi connectivity index (χ0v) is 6.67. The van der Waals surface area contributed by atoms with Crippen LogP contribution in [0.1, 0.15) is 24.1 Å². The number of nitrogens with one attached hydrogen (secondary N) is 1. The third-order valence-corrected chi connectivity index (χ3v) is 2.16. The third-order valence-electron chi connectivity index (χ3n) is 2.16. The van der Waals surface area contributed by atoms with Gasteiger partial charge in [-0.1, -0.05) is 13.0 Å². The number of rotatable bonds is 0. The molecule has 0 saturated heterocycles. The summed E-state index contributed by atoms with van der Waals surface area (Å²) in [6, 6.07) is 4.14. The molecule has 0 radical (unpaired) electrons. The topological polar surface area (TPSA) is 24.9 Å². The van der Waals surface area contributed by atoms with Gasteiger partial charge in [0.15, 0.2) is 0 Å². The predicted molar refractivity (Wildman–Crippen MR) is 44.4 cm³/mol. The van der Waals surface area contributed by atoms with Crippen molar-refractivity contribution in [2.75, 3.05) is 6.54 Å². The van der Waals surface area contributed by atoms with E-state index in [0.29, 0.717) is 5.92 Å². The molecule has 1 aromatic rings. The first-order valence-corrected chi connectivity index (χ1v) is 4.02. The second-order valence-electron chi connectivity index (χ2n) is 3.08. The van der Waals surface area contributed by atoms with Crippen LogP contribution < -0.4 is 5.32 Å². The molecule has 0 amide bonds. The van der Waals surface area contributed by atoms with Crippen LogP contribution in [0.2, 0.25) is 0 Å². The lowest BCUT2D eigenvalue weighted by Gasteiger charge is -2.21. The second kappa shape index (κ2) is 2.62. The molecule has 2 heteroatoms. The summed E-state index contributed by atoms with van der Waals surface area (Å²) in [5.74, 6) is 0.569. The number of hydrogen-bond donors (Lipinski definition) is 1. The van der Waals surface area contributed by atoms with E-state index in [2.05, 4.69) is 23.3 Å². The molecule has 1 unspecified atom stereocenters. The highest BCUT2D eigenvalue weighted by Crippen LogP contribution is 2.19. The summed E-state index contributed by atoms with van der Waals surface area (Å²) in [7, 11) is 0. The first-order chi connectivity index (χ1) is 5.38. The molecule has 1 N–H and O–H groups in total. The number of hydrogen-bond acceptors (Lipinski definition) is 2. The number of fused-ring (bicyclic) bond motifs is 1. The van der Waals surface area contributed by atoms with Crippen molar-refractivity contribution in [1.29, 1.82) is 0 Å². The molecular weight excluding hydrogens is 136 g/mol. The third kappa shape index (κ3) is 1.14. The van der Waals surface area contributed by atoms with Gasteiger partial charge in [0, 0.05) is 30.9 Å². The maximum atomic E-state index is 4.36. The van der Waals surface area contributed by atoms with Gasteiger partial charge in [-0.3, -0.25) is 4.98 Å². The summed E-state index contributed by atoms with van der Waals surface area (Å²) in [5, 5.41) is 3.35. The SMILES string of the molecule is CC1CNCc2cccnc21. The Labute approximate surface area is 66.7 Å². The van der Waals surface area contributed by atoms with Gasteiger partial charge in [0.2, 0.25) is 0 Å². The standard InChI is InChI=1S/C9H12N2/c1-7-5-10-6-8-3-2-4-11-9(7)8/h2-4,7,10H,5-6H2,1H3. The molecule has 58 valence electrons. The highest BCUT2D eigenvalue weighted by molar-refractivity contribution is 5.25. The highest BCUT2D eigenvalue weighted by Gasteiger charge is 2.15. The summed E-state index contributed by atoms with van der Waals surface area (Å²) in [6.07, 6.45) is 1.88. The Morgan fingerprint density at radius 1 is 1.64 bits per heavy atom. The van der Waals surface area contributed by atoms with Crippen molar-refractivity contribution in [2.24, 2.45) is 0 Å². The van der Waals surface area contributed by atoms with Crippen LogP contribution in [0.15, 0.2) is 18.3 Å². The van der Waals surface area contributed by atoms with Gasteiger partial charge in [0.1, 0.15) is 0 Å². The molecule has 0 bridgehead atoms. The van der Waals surface area contributed by atoms with Gasteiger partial charge in [-0.05, 0) is 11.6 Å². The quantitative estimate of drug-likeness (QED) is 0.599. The Hall–Kier alpha value is -0.890. The molecule has 1 atom stereocenters. The molecule has 0 saturated carbocycles. The van der Waals surface area contributed by atoms with Crippen molar-refractivity contribution < 1.29 is 0 Å². The van der Waals surface area contributed by atoms with E-state index in [1.165, 1.54) is 11.3 Å². The van der Waals surface area contributed by atoms with Gasteiger partial charge in [-0.15, -0.1) is 0 Å². The molecule has 1 aliphatic rings. The Kier molecular flexibility index (Phi) is 1.62. The number of aromatic nitrogens is 1. The largest absolute Gasteiger partial charge is 0.312 e. The van der Waals surface area contributed by atoms with E-state index in [9.17, 15) is 0 Å². The lowest BCUT2D eigenvalue weighted by molar-refractivity contribution is 0.556. The summed E-state index contributed by atoms with van der Waals surface area (Å²) >= 11 is 0. The molecule has 0 fully saturated rings. The Bertz CT molecular complexity index is 257. The van der Waals surface area contributed by atoms with Gasteiger partial charge >= 0.3 is 0 Å². The molecular formula is C9H12N2. The molecule has 2 rings (SSSR count). The molecule has 0 aliphatic carbocycles. The average molecular weight is 148 g/mol. The Morgan fingerprint density at radius 3 is 3.36 bits per heavy atom. The van der Waals surface area contributed by atoms with Crippen LogP contribution >= 0.6 is 0 Å². The minimum Gasteiger partial charge on any atom is -0.312 e. The van der Waals surface area contributed by atoms with E-state index < -0.39 is 0 Å². The van der Waals surface area contributed by atoms with Crippen molar-refractivity contribution in [3.63, 3.8) is 0 Å². The monoisotopic (exact) mass is 148 g/mol. The van der Waals surface area contributed by atoms with Gasteiger partial charge in [-0.2, -0.15) is 0 Å². The van der Waals surface area contributed by atoms with Gasteiger partial charge in [-0.25, -0.2) is 0 Å². The fourth-order valence-electron chi connectivity index (χ4n) is 1.56. The first-order valence-electron chi connectivity index (χ1n) is 4.02. The smallest absolute Gasteiger partial charge is 0.0489 e. The van der Waals surface area contributed by atoms with E-state index in [1.807, 2.05) is 12.3 Å². The molecule has 0 spiro atoms. The van der Waals surface area contributed by atoms with Crippen LogP contribution in [0.5, 0.6) is 0 Å². The van der Waals surface area contributed by atoms with Crippen LogP contribution in [-0.4, -0.2) is 11.5 Å². The van der Waals surface area contributed by atoms with Crippen molar-refractivity contribution in [3.05, 3.63) is 29.6 Å². The van der Waals surface area contributed by atoms with Gasteiger partial charge < -0.3 is 5.32 Å². The van der Waals surface area contributed by atoms with Crippen LogP contribution in [0.25, 0.3) is 0 Å². The number of nitrogens with zero attached hydrogens (tertiary/aromatic N) is 1. The zero-order chi connectivity index (χ0) is 7.68. The predicted octanol–water partition coefficient (Wildman–Crippen LogP) is 1.29. The minimum atomic E-state index is 0.569. The van der Waals surface area contributed by atoms with Crippen LogP contribution in [0.3, 0.4) is 0 Å². The van der Waals surface area contributed by atoms with Crippen molar-refractivity contribution in [2.45, 2.75) is 19.4 Å². The Balaban J connectivity index is 2.44. The van der Waals surface area contributed by atoms with E-state index in [0.717, 1.165) is 13.1 Å². The van der Waals surface area contributed by atoms with E-state index >= 15 is 0 Å². The molecule has 1 aliphatic heterocycles. The summed E-state index contributed by atoms with van der Waals surface area (Å²) in [6.45, 7) is 4.25. The lowest BCUT2D eigenvalue weighted by atomic mass is 9.98. The lowest BCUT2D eigenvalue weighted by Crippen LogP contribution is -2.27. The maximum absolute atomic E-state index is 4.36. The summed E-state index contributed by atoms with van der Waals surface area (Å²) < 4.78 is 0. The Morgan fingerprint density at radius 2 is 2.55 bits per heavy atom. The van der Waals surface area contributed by atoms with Crippen LogP contribution in [0.4, 0.5) is 0 Å². The zero-order valence-electron chi connectivity index (χ0n) is 6.67. The van der Waals surface area contributed by atoms with E-state index in [4.69, 9.17) is 0 Å². The first kappa shape index (κ1) is 6.80. The van der Waals surface area contributed by atoms with E-state index in [-0.39, 0.29) is 0 Å². The minimum absolute atomic E-state index is 0.569. The molecule has 2 nitrogen and oxygen atoms in total.